The number of nitrogens with one attached hydrogen (secondary N) is 1. The Kier molecular flexibility index (Phi) is 26.3. The molecule has 0 fully saturated rings. The van der Waals surface area contributed by atoms with Gasteiger partial charge >= 0.3 is 0 Å². The highest BCUT2D eigenvalue weighted by atomic mass is 127. The number of halogens is 7. The number of amides is 1. The summed E-state index contributed by atoms with van der Waals surface area (Å²) in [4.78, 5) is 18.6. The number of hydrogen-bond donors (Lipinski definition) is 2. The van der Waals surface area contributed by atoms with Gasteiger partial charge in [0.15, 0.2) is 0 Å². The summed E-state index contributed by atoms with van der Waals surface area (Å²) >= 11 is 33.3. The molecular formula is C98H68Br2Cl4IN3O. The molecule has 0 saturated carbocycles. The number of carbonyl (C=O) groups excluding carboxylic acids is 1. The van der Waals surface area contributed by atoms with Crippen LogP contribution in [0.2, 0.25) is 20.1 Å². The van der Waals surface area contributed by atoms with E-state index in [9.17, 15) is 4.79 Å². The Bertz CT molecular complexity index is 5930. The number of para-hydroxylation sites is 3. The summed E-state index contributed by atoms with van der Waals surface area (Å²) in [6, 6.07) is 132. The van der Waals surface area contributed by atoms with Crippen molar-refractivity contribution in [3.8, 4) is 100 Å². The fourth-order valence-corrected chi connectivity index (χ4v) is 14.6. The quantitative estimate of drug-likeness (QED) is 0.0770. The molecule has 0 spiro atoms. The van der Waals surface area contributed by atoms with Gasteiger partial charge in [-0.3, -0.25) is 4.79 Å². The van der Waals surface area contributed by atoms with E-state index in [1.807, 2.05) is 255 Å². The Morgan fingerprint density at radius 1 is 0.294 bits per heavy atom. The maximum atomic E-state index is 13.5. The first-order valence-corrected chi connectivity index (χ1v) is 39.2. The standard InChI is InChI=1S/C31H22ClNO.C31H20ClN.C18H14ClN.C12H8BrCl.C6H4BrI/c32-24-20-18-23(19-21-24)25-12-4-6-14-27(25)28-15-8-9-17-30(28)33-31(34)29-16-7-5-13-26(29)22-10-2-1-3-11-22;32-23-19-17-22(18-20-23)25-14-8-15-28-30(25)27-13-6-7-16-29(27)33-31(28)26-12-5-4-11-24(26)21-9-2-1-3-10-21;19-14-11-9-13(10-12-14)15-5-1-2-6-16(15)17-7-3-4-8-18(17)20;13-12-4-2-1-3-11(12)9-5-7-10(14)8-6-9;7-5-3-1-2-4-6(5)8/h1-21H,(H,33,34);1-20H;1-12H,20H2;1-8H;1-4H. The lowest BCUT2D eigenvalue weighted by Gasteiger charge is -2.16. The SMILES string of the molecule is Brc1ccccc1I.Clc1ccc(-c2cccc3c(-c4ccccc4-c4ccccc4)nc4ccccc4c23)cc1.Clc1ccc(-c2ccccc2Br)cc1.Nc1ccccc1-c1ccccc1-c1ccc(Cl)cc1.O=C(Nc1ccccc1-c1ccccc1-c1ccc(Cl)cc1)c1ccccc1-c1ccccc1. The predicted octanol–water partition coefficient (Wildman–Crippen LogP) is 30.7. The van der Waals surface area contributed by atoms with Gasteiger partial charge in [0.25, 0.3) is 5.91 Å². The Balaban J connectivity index is 0.000000129. The fourth-order valence-electron chi connectivity index (χ4n) is 12.9. The first-order chi connectivity index (χ1) is 53.3. The van der Waals surface area contributed by atoms with Gasteiger partial charge in [0.2, 0.25) is 0 Å². The lowest BCUT2D eigenvalue weighted by Crippen LogP contribution is -2.14. The minimum absolute atomic E-state index is 0.143. The largest absolute Gasteiger partial charge is 0.398 e. The summed E-state index contributed by atoms with van der Waals surface area (Å²) in [5.41, 5.74) is 29.0. The van der Waals surface area contributed by atoms with E-state index in [2.05, 4.69) is 199 Å². The molecule has 0 aliphatic heterocycles. The molecule has 17 rings (SSSR count). The zero-order valence-corrected chi connectivity index (χ0v) is 67.0. The molecule has 0 atom stereocenters. The zero-order chi connectivity index (χ0) is 75.4. The van der Waals surface area contributed by atoms with Crippen LogP contribution in [-0.4, -0.2) is 10.9 Å². The molecule has 0 aliphatic carbocycles. The molecule has 0 bridgehead atoms. The zero-order valence-electron chi connectivity index (χ0n) is 58.6. The summed E-state index contributed by atoms with van der Waals surface area (Å²) in [7, 11) is 0. The van der Waals surface area contributed by atoms with Crippen molar-refractivity contribution in [1.29, 1.82) is 0 Å². The average molecular weight is 1730 g/mol. The van der Waals surface area contributed by atoms with Crippen LogP contribution in [0.3, 0.4) is 0 Å². The third kappa shape index (κ3) is 19.2. The minimum Gasteiger partial charge on any atom is -0.398 e. The van der Waals surface area contributed by atoms with Crippen molar-refractivity contribution in [3.63, 3.8) is 0 Å². The molecule has 11 heteroatoms. The Morgan fingerprint density at radius 3 is 1.16 bits per heavy atom. The van der Waals surface area contributed by atoms with E-state index >= 15 is 0 Å². The highest BCUT2D eigenvalue weighted by Crippen LogP contribution is 2.43. The lowest BCUT2D eigenvalue weighted by atomic mass is 9.90. The minimum atomic E-state index is -0.143. The van der Waals surface area contributed by atoms with Crippen LogP contribution in [-0.2, 0) is 0 Å². The third-order valence-corrected chi connectivity index (χ3v) is 22.2. The topological polar surface area (TPSA) is 68.0 Å². The number of nitrogens with two attached hydrogens (primary N) is 1. The van der Waals surface area contributed by atoms with Gasteiger partial charge in [-0.2, -0.15) is 0 Å². The van der Waals surface area contributed by atoms with Gasteiger partial charge in [-0.1, -0.05) is 366 Å². The van der Waals surface area contributed by atoms with Gasteiger partial charge in [0.1, 0.15) is 0 Å². The van der Waals surface area contributed by atoms with Crippen LogP contribution < -0.4 is 11.1 Å². The molecule has 3 N–H and O–H groups in total. The van der Waals surface area contributed by atoms with Crippen LogP contribution in [0.25, 0.3) is 122 Å². The first-order valence-electron chi connectivity index (χ1n) is 35.1. The number of benzene rings is 16. The van der Waals surface area contributed by atoms with Gasteiger partial charge in [-0.05, 0) is 207 Å². The summed E-state index contributed by atoms with van der Waals surface area (Å²) in [5, 5.41) is 9.61. The monoisotopic (exact) mass is 1730 g/mol. The number of rotatable bonds is 11. The van der Waals surface area contributed by atoms with E-state index in [-0.39, 0.29) is 5.91 Å². The van der Waals surface area contributed by atoms with Gasteiger partial charge < -0.3 is 11.1 Å². The second-order valence-electron chi connectivity index (χ2n) is 25.1. The molecule has 109 heavy (non-hydrogen) atoms. The van der Waals surface area contributed by atoms with Crippen LogP contribution in [0.15, 0.2) is 403 Å². The van der Waals surface area contributed by atoms with E-state index in [0.717, 1.165) is 120 Å². The molecule has 530 valence electrons. The highest BCUT2D eigenvalue weighted by molar-refractivity contribution is 14.1. The Labute approximate surface area is 686 Å². The third-order valence-electron chi connectivity index (χ3n) is 18.1. The maximum absolute atomic E-state index is 13.5. The molecule has 0 unspecified atom stereocenters. The van der Waals surface area contributed by atoms with Gasteiger partial charge in [-0.25, -0.2) is 4.98 Å². The van der Waals surface area contributed by atoms with Crippen molar-refractivity contribution in [2.24, 2.45) is 0 Å². The fraction of sp³-hybridized carbons (Fsp3) is 0. The number of anilines is 2. The predicted molar refractivity (Wildman–Crippen MR) is 481 cm³/mol. The average Bonchev–Trinajstić information content (AvgIpc) is 0.741. The number of aromatic nitrogens is 1. The van der Waals surface area contributed by atoms with Crippen LogP contribution >= 0.6 is 101 Å². The van der Waals surface area contributed by atoms with E-state index < -0.39 is 0 Å². The van der Waals surface area contributed by atoms with Crippen LogP contribution in [0, 0.1) is 3.57 Å². The van der Waals surface area contributed by atoms with Crippen molar-refractivity contribution in [1.82, 2.24) is 4.98 Å². The second kappa shape index (κ2) is 37.4. The molecular weight excluding hydrogens is 1660 g/mol. The van der Waals surface area contributed by atoms with Crippen molar-refractivity contribution < 1.29 is 4.79 Å². The molecule has 1 aromatic heterocycles. The van der Waals surface area contributed by atoms with Crippen molar-refractivity contribution in [2.75, 3.05) is 11.1 Å². The highest BCUT2D eigenvalue weighted by Gasteiger charge is 2.20. The van der Waals surface area contributed by atoms with Gasteiger partial charge in [0.05, 0.1) is 11.2 Å². The summed E-state index contributed by atoms with van der Waals surface area (Å²) in [5.74, 6) is -0.143. The van der Waals surface area contributed by atoms with Crippen molar-refractivity contribution in [3.05, 3.63) is 432 Å². The molecule has 4 nitrogen and oxygen atoms in total. The summed E-state index contributed by atoms with van der Waals surface area (Å²) < 4.78 is 3.52. The molecule has 0 aliphatic rings. The van der Waals surface area contributed by atoms with Crippen molar-refractivity contribution >= 4 is 140 Å². The molecule has 1 amide bonds. The Hall–Kier alpha value is -10.7. The molecule has 0 saturated heterocycles. The first kappa shape index (κ1) is 76.5. The number of nitrogen functional groups attached to an aromatic ring is 1. The van der Waals surface area contributed by atoms with Gasteiger partial charge in [0, 0.05) is 82.4 Å². The van der Waals surface area contributed by atoms with Gasteiger partial charge in [-0.15, -0.1) is 0 Å². The number of pyridine rings is 1. The van der Waals surface area contributed by atoms with Crippen LogP contribution in [0.1, 0.15) is 10.4 Å². The number of fused-ring (bicyclic) bond motifs is 3. The van der Waals surface area contributed by atoms with E-state index in [1.165, 1.54) is 41.2 Å². The normalized spacial score (nSPS) is 10.6. The number of carbonyl (C=O) groups is 1. The molecule has 0 radical (unpaired) electrons. The van der Waals surface area contributed by atoms with Crippen molar-refractivity contribution in [2.45, 2.75) is 0 Å². The Morgan fingerprint density at radius 2 is 0.642 bits per heavy atom. The van der Waals surface area contributed by atoms with Crippen LogP contribution in [0.5, 0.6) is 0 Å². The number of nitrogens with zero attached hydrogens (tertiary/aromatic N) is 1. The molecule has 16 aromatic carbocycles. The van der Waals surface area contributed by atoms with Crippen LogP contribution in [0.4, 0.5) is 11.4 Å². The molecule has 17 aromatic rings. The number of hydrogen-bond acceptors (Lipinski definition) is 3. The smallest absolute Gasteiger partial charge is 0.256 e. The van der Waals surface area contributed by atoms with E-state index in [1.54, 1.807) is 0 Å². The maximum Gasteiger partial charge on any atom is 0.256 e. The summed E-state index contributed by atoms with van der Waals surface area (Å²) in [6.07, 6.45) is 0. The van der Waals surface area contributed by atoms with E-state index in [4.69, 9.17) is 57.1 Å². The summed E-state index contributed by atoms with van der Waals surface area (Å²) in [6.45, 7) is 0. The van der Waals surface area contributed by atoms with E-state index in [0.29, 0.717) is 10.6 Å². The lowest BCUT2D eigenvalue weighted by molar-refractivity contribution is 0.102. The molecule has 1 heterocycles. The second-order valence-corrected chi connectivity index (χ2v) is 29.7.